The third-order valence-corrected chi connectivity index (χ3v) is 9.32. The fourth-order valence-electron chi connectivity index (χ4n) is 7.01. The number of rotatable bonds is 6. The van der Waals surface area contributed by atoms with E-state index in [1.807, 2.05) is 39.7 Å². The molecule has 1 atom stereocenters. The van der Waals surface area contributed by atoms with E-state index in [4.69, 9.17) is 5.73 Å². The standard InChI is InChI=1S/C34H39N9O4/c1-34(2,47)33(46)40-17-13-22(14-18-40)26-19-24(29-30(35)37-20-38-42(26)29)21-9-11-23(12-10-21)39-31(44)28-25-7-4-6-16-41(25)43(32(28)45)27-8-3-5-15-36-27/h3,5,8-12,15,19-20,22,30,47H,4,6-7,13-14,16-18,35H2,1-2H3,(H,37,38)(H,39,44). The van der Waals surface area contributed by atoms with Crippen LogP contribution in [0.1, 0.15) is 79.1 Å². The maximum absolute atomic E-state index is 13.6. The lowest BCUT2D eigenvalue weighted by Gasteiger charge is -2.35. The van der Waals surface area contributed by atoms with Crippen molar-refractivity contribution in [2.24, 2.45) is 10.7 Å². The van der Waals surface area contributed by atoms with E-state index >= 15 is 0 Å². The summed E-state index contributed by atoms with van der Waals surface area (Å²) in [6.45, 7) is 4.79. The van der Waals surface area contributed by atoms with E-state index in [1.54, 1.807) is 29.6 Å². The second-order valence-electron chi connectivity index (χ2n) is 12.9. The molecule has 1 unspecified atom stereocenters. The lowest BCUT2D eigenvalue weighted by Crippen LogP contribution is -2.48. The van der Waals surface area contributed by atoms with Crippen LogP contribution in [0.5, 0.6) is 0 Å². The van der Waals surface area contributed by atoms with Gasteiger partial charge in [-0.25, -0.2) is 9.98 Å². The van der Waals surface area contributed by atoms with Gasteiger partial charge >= 0.3 is 0 Å². The van der Waals surface area contributed by atoms with Gasteiger partial charge in [-0.1, -0.05) is 18.2 Å². The van der Waals surface area contributed by atoms with Crippen LogP contribution in [0.2, 0.25) is 0 Å². The van der Waals surface area contributed by atoms with Crippen LogP contribution in [-0.2, 0) is 17.8 Å². The first kappa shape index (κ1) is 30.6. The Bertz CT molecular complexity index is 1910. The van der Waals surface area contributed by atoms with Crippen LogP contribution in [-0.4, -0.2) is 65.9 Å². The monoisotopic (exact) mass is 637 g/mol. The van der Waals surface area contributed by atoms with Crippen molar-refractivity contribution in [1.82, 2.24) is 23.9 Å². The second-order valence-corrected chi connectivity index (χ2v) is 12.9. The highest BCUT2D eigenvalue weighted by Gasteiger charge is 2.35. The Balaban J connectivity index is 1.14. The fraction of sp³-hybridized carbons (Fsp3) is 0.382. The number of aliphatic hydroxyl groups is 1. The normalized spacial score (nSPS) is 18.0. The van der Waals surface area contributed by atoms with E-state index in [9.17, 15) is 19.5 Å². The molecule has 3 aliphatic heterocycles. The van der Waals surface area contributed by atoms with Crippen LogP contribution < -0.4 is 22.0 Å². The van der Waals surface area contributed by atoms with Crippen LogP contribution in [0.3, 0.4) is 0 Å². The number of aromatic nitrogens is 4. The van der Waals surface area contributed by atoms with Gasteiger partial charge in [-0.05, 0) is 81.8 Å². The zero-order valence-electron chi connectivity index (χ0n) is 26.5. The summed E-state index contributed by atoms with van der Waals surface area (Å²) in [5, 5.41) is 13.1. The maximum Gasteiger partial charge on any atom is 0.285 e. The predicted octanol–water partition coefficient (Wildman–Crippen LogP) is 3.11. The van der Waals surface area contributed by atoms with Gasteiger partial charge in [0.05, 0.1) is 11.4 Å². The number of nitrogens with two attached hydrogens (primary N) is 1. The SMILES string of the molecule is CC(C)(O)C(=O)N1CCC(c2cc(-c3ccc(NC(=O)c4c5n(n(-c6ccccn6)c4=O)CCCC5)cc3)c3n2NC=NC3N)CC1. The summed E-state index contributed by atoms with van der Waals surface area (Å²) in [5.74, 6) is -0.0446. The number of benzene rings is 1. The minimum atomic E-state index is -1.40. The van der Waals surface area contributed by atoms with E-state index in [2.05, 4.69) is 26.8 Å². The second kappa shape index (κ2) is 12.0. The molecule has 2 amide bonds. The first-order chi connectivity index (χ1) is 22.6. The van der Waals surface area contributed by atoms with Crippen LogP contribution in [0.4, 0.5) is 5.69 Å². The summed E-state index contributed by atoms with van der Waals surface area (Å²) < 4.78 is 5.38. The molecule has 0 saturated carbocycles. The van der Waals surface area contributed by atoms with Crippen molar-refractivity contribution in [1.29, 1.82) is 0 Å². The van der Waals surface area contributed by atoms with Gasteiger partial charge in [0.2, 0.25) is 0 Å². The minimum Gasteiger partial charge on any atom is -0.381 e. The van der Waals surface area contributed by atoms with Crippen molar-refractivity contribution >= 4 is 23.8 Å². The van der Waals surface area contributed by atoms with E-state index in [1.165, 1.54) is 18.5 Å². The number of nitrogens with one attached hydrogen (secondary N) is 2. The number of amides is 2. The van der Waals surface area contributed by atoms with Crippen molar-refractivity contribution in [3.05, 3.63) is 87.7 Å². The molecule has 7 rings (SSSR count). The minimum absolute atomic E-state index is 0.149. The number of hydrogen-bond acceptors (Lipinski definition) is 8. The highest BCUT2D eigenvalue weighted by molar-refractivity contribution is 6.05. The number of aliphatic imine (C=N–C) groups is 1. The topological polar surface area (TPSA) is 165 Å². The average molecular weight is 638 g/mol. The smallest absolute Gasteiger partial charge is 0.285 e. The molecule has 0 spiro atoms. The summed E-state index contributed by atoms with van der Waals surface area (Å²) >= 11 is 0. The van der Waals surface area contributed by atoms with Gasteiger partial charge in [0.1, 0.15) is 23.7 Å². The first-order valence-electron chi connectivity index (χ1n) is 16.1. The number of carbonyl (C=O) groups excluding carboxylic acids is 2. The summed E-state index contributed by atoms with van der Waals surface area (Å²) in [5.41, 5.74) is 13.1. The molecule has 0 aliphatic carbocycles. The number of pyridine rings is 1. The highest BCUT2D eigenvalue weighted by Crippen LogP contribution is 2.38. The lowest BCUT2D eigenvalue weighted by molar-refractivity contribution is -0.148. The van der Waals surface area contributed by atoms with Crippen molar-refractivity contribution < 1.29 is 14.7 Å². The van der Waals surface area contributed by atoms with Crippen molar-refractivity contribution in [3.63, 3.8) is 0 Å². The van der Waals surface area contributed by atoms with Gasteiger partial charge in [0.15, 0.2) is 5.82 Å². The Morgan fingerprint density at radius 3 is 2.53 bits per heavy atom. The van der Waals surface area contributed by atoms with Gasteiger partial charge in [0, 0.05) is 48.7 Å². The van der Waals surface area contributed by atoms with Gasteiger partial charge in [0.25, 0.3) is 17.4 Å². The van der Waals surface area contributed by atoms with Gasteiger partial charge in [-0.2, -0.15) is 4.68 Å². The fourth-order valence-corrected chi connectivity index (χ4v) is 7.01. The number of fused-ring (bicyclic) bond motifs is 2. The molecule has 4 aromatic rings. The molecular weight excluding hydrogens is 598 g/mol. The molecule has 0 bridgehead atoms. The van der Waals surface area contributed by atoms with Crippen molar-refractivity contribution in [2.45, 2.75) is 70.2 Å². The zero-order valence-corrected chi connectivity index (χ0v) is 26.5. The number of carbonyl (C=O) groups is 2. The average Bonchev–Trinajstić information content (AvgIpc) is 3.61. The molecule has 13 heteroatoms. The number of anilines is 1. The summed E-state index contributed by atoms with van der Waals surface area (Å²) in [4.78, 5) is 50.3. The summed E-state index contributed by atoms with van der Waals surface area (Å²) in [6, 6.07) is 15.0. The van der Waals surface area contributed by atoms with E-state index < -0.39 is 17.7 Å². The molecule has 3 aromatic heterocycles. The zero-order chi connectivity index (χ0) is 32.9. The maximum atomic E-state index is 13.6. The van der Waals surface area contributed by atoms with Crippen LogP contribution in [0.25, 0.3) is 16.9 Å². The molecule has 47 heavy (non-hydrogen) atoms. The number of piperidine rings is 1. The summed E-state index contributed by atoms with van der Waals surface area (Å²) in [6.07, 6.45) is 6.63. The predicted molar refractivity (Wildman–Crippen MR) is 178 cm³/mol. The van der Waals surface area contributed by atoms with Crippen LogP contribution in [0.15, 0.2) is 64.5 Å². The molecule has 1 saturated heterocycles. The Labute approximate surface area is 271 Å². The van der Waals surface area contributed by atoms with Crippen molar-refractivity contribution in [2.75, 3.05) is 23.8 Å². The van der Waals surface area contributed by atoms with Crippen LogP contribution >= 0.6 is 0 Å². The van der Waals surface area contributed by atoms with Gasteiger partial charge in [-0.15, -0.1) is 0 Å². The largest absolute Gasteiger partial charge is 0.381 e. The number of likely N-dealkylation sites (tertiary alicyclic amines) is 1. The van der Waals surface area contributed by atoms with Gasteiger partial charge < -0.3 is 21.1 Å². The van der Waals surface area contributed by atoms with E-state index in [-0.39, 0.29) is 22.9 Å². The highest BCUT2D eigenvalue weighted by atomic mass is 16.3. The Hall–Kier alpha value is -5.01. The molecule has 13 nitrogen and oxygen atoms in total. The summed E-state index contributed by atoms with van der Waals surface area (Å²) in [7, 11) is 0. The van der Waals surface area contributed by atoms with E-state index in [0.29, 0.717) is 37.6 Å². The Morgan fingerprint density at radius 1 is 1.06 bits per heavy atom. The lowest BCUT2D eigenvalue weighted by atomic mass is 9.92. The molecule has 244 valence electrons. The molecule has 6 heterocycles. The Kier molecular flexibility index (Phi) is 7.80. The third kappa shape index (κ3) is 5.55. The molecule has 0 radical (unpaired) electrons. The molecule has 5 N–H and O–H groups in total. The molecule has 1 fully saturated rings. The number of hydrogen-bond donors (Lipinski definition) is 4. The Morgan fingerprint density at radius 2 is 1.83 bits per heavy atom. The van der Waals surface area contributed by atoms with Crippen LogP contribution in [0, 0.1) is 0 Å². The van der Waals surface area contributed by atoms with Crippen molar-refractivity contribution in [3.8, 4) is 16.9 Å². The molecular formula is C34H39N9O4. The van der Waals surface area contributed by atoms with Gasteiger partial charge in [-0.3, -0.25) is 29.2 Å². The third-order valence-electron chi connectivity index (χ3n) is 9.32. The first-order valence-corrected chi connectivity index (χ1v) is 16.1. The van der Waals surface area contributed by atoms with E-state index in [0.717, 1.165) is 53.9 Å². The molecule has 3 aliphatic rings. The number of nitrogens with zero attached hydrogens (tertiary/aromatic N) is 6. The molecule has 1 aromatic carbocycles. The quantitative estimate of drug-likeness (QED) is 0.252.